The second-order valence-electron chi connectivity index (χ2n) is 4.18. The fourth-order valence-corrected chi connectivity index (χ4v) is 0.306. The SMILES string of the molecule is C=CC(C)(C)C(C)(C)C. The molecule has 0 heterocycles. The summed E-state index contributed by atoms with van der Waals surface area (Å²) in [7, 11) is 0. The fourth-order valence-electron chi connectivity index (χ4n) is 0.306. The predicted octanol–water partition coefficient (Wildman–Crippen LogP) is 3.24. The van der Waals surface area contributed by atoms with Crippen LogP contribution >= 0.6 is 0 Å². The van der Waals surface area contributed by atoms with Crippen LogP contribution in [-0.2, 0) is 0 Å². The molecular formula is C9H18. The average molecular weight is 126 g/mol. The predicted molar refractivity (Wildman–Crippen MR) is 43.4 cm³/mol. The van der Waals surface area contributed by atoms with Crippen LogP contribution in [0.3, 0.4) is 0 Å². The molecule has 0 amide bonds. The average Bonchev–Trinajstić information content (AvgIpc) is 1.64. The highest BCUT2D eigenvalue weighted by molar-refractivity contribution is 4.95. The van der Waals surface area contributed by atoms with Gasteiger partial charge in [-0.25, -0.2) is 0 Å². The van der Waals surface area contributed by atoms with E-state index in [9.17, 15) is 0 Å². The van der Waals surface area contributed by atoms with E-state index in [0.717, 1.165) is 0 Å². The van der Waals surface area contributed by atoms with Crippen molar-refractivity contribution in [3.8, 4) is 0 Å². The molecule has 0 atom stereocenters. The second kappa shape index (κ2) is 2.17. The number of rotatable bonds is 1. The number of hydrogen-bond donors (Lipinski definition) is 0. The number of hydrogen-bond acceptors (Lipinski definition) is 0. The van der Waals surface area contributed by atoms with E-state index in [4.69, 9.17) is 0 Å². The lowest BCUT2D eigenvalue weighted by Crippen LogP contribution is -2.26. The Morgan fingerprint density at radius 3 is 1.33 bits per heavy atom. The molecule has 54 valence electrons. The molecule has 0 heteroatoms. The third kappa shape index (κ3) is 1.85. The zero-order valence-corrected chi connectivity index (χ0v) is 7.28. The molecule has 9 heavy (non-hydrogen) atoms. The molecule has 0 saturated carbocycles. The molecule has 0 saturated heterocycles. The maximum absolute atomic E-state index is 3.80. The van der Waals surface area contributed by atoms with E-state index in [0.29, 0.717) is 5.41 Å². The van der Waals surface area contributed by atoms with Crippen molar-refractivity contribution < 1.29 is 0 Å². The summed E-state index contributed by atoms with van der Waals surface area (Å²) in [6.45, 7) is 14.9. The van der Waals surface area contributed by atoms with Gasteiger partial charge in [-0.15, -0.1) is 6.58 Å². The number of allylic oxidation sites excluding steroid dienone is 1. The van der Waals surface area contributed by atoms with E-state index in [1.807, 2.05) is 6.08 Å². The molecule has 0 N–H and O–H groups in total. The van der Waals surface area contributed by atoms with Gasteiger partial charge in [-0.2, -0.15) is 0 Å². The molecule has 0 aromatic rings. The molecule has 0 nitrogen and oxygen atoms in total. The van der Waals surface area contributed by atoms with E-state index in [1.165, 1.54) is 0 Å². The molecule has 0 aliphatic rings. The fraction of sp³-hybridized carbons (Fsp3) is 0.778. The Balaban J connectivity index is 4.32. The van der Waals surface area contributed by atoms with Crippen LogP contribution in [0.1, 0.15) is 34.6 Å². The maximum atomic E-state index is 3.80. The van der Waals surface area contributed by atoms with Crippen LogP contribution < -0.4 is 0 Å². The van der Waals surface area contributed by atoms with Crippen LogP contribution in [0.25, 0.3) is 0 Å². The van der Waals surface area contributed by atoms with Crippen LogP contribution in [0.4, 0.5) is 0 Å². The molecule has 0 aromatic carbocycles. The molecule has 0 aliphatic carbocycles. The Hall–Kier alpha value is -0.260. The quantitative estimate of drug-likeness (QED) is 0.473. The molecule has 0 spiro atoms. The first-order valence-corrected chi connectivity index (χ1v) is 3.45. The van der Waals surface area contributed by atoms with Crippen molar-refractivity contribution in [2.24, 2.45) is 10.8 Å². The van der Waals surface area contributed by atoms with E-state index < -0.39 is 0 Å². The molecule has 0 aromatic heterocycles. The highest BCUT2D eigenvalue weighted by atomic mass is 14.3. The van der Waals surface area contributed by atoms with Gasteiger partial charge in [0.2, 0.25) is 0 Å². The minimum Gasteiger partial charge on any atom is -0.103 e. The van der Waals surface area contributed by atoms with Crippen LogP contribution in [-0.4, -0.2) is 0 Å². The third-order valence-electron chi connectivity index (χ3n) is 2.44. The van der Waals surface area contributed by atoms with Crippen molar-refractivity contribution >= 4 is 0 Å². The Morgan fingerprint density at radius 2 is 1.33 bits per heavy atom. The van der Waals surface area contributed by atoms with Crippen molar-refractivity contribution in [1.82, 2.24) is 0 Å². The van der Waals surface area contributed by atoms with Crippen molar-refractivity contribution in [3.63, 3.8) is 0 Å². The molecular weight excluding hydrogens is 108 g/mol. The first kappa shape index (κ1) is 8.74. The summed E-state index contributed by atoms with van der Waals surface area (Å²) in [6, 6.07) is 0. The molecule has 0 unspecified atom stereocenters. The van der Waals surface area contributed by atoms with E-state index in [2.05, 4.69) is 41.2 Å². The summed E-state index contributed by atoms with van der Waals surface area (Å²) < 4.78 is 0. The Labute approximate surface area is 59.0 Å². The minimum atomic E-state index is 0.243. The van der Waals surface area contributed by atoms with Crippen molar-refractivity contribution in [2.45, 2.75) is 34.6 Å². The van der Waals surface area contributed by atoms with Crippen LogP contribution in [0, 0.1) is 10.8 Å². The van der Waals surface area contributed by atoms with Crippen LogP contribution in [0.15, 0.2) is 12.7 Å². The van der Waals surface area contributed by atoms with Gasteiger partial charge < -0.3 is 0 Å². The van der Waals surface area contributed by atoms with Gasteiger partial charge in [0.15, 0.2) is 0 Å². The summed E-state index contributed by atoms with van der Waals surface area (Å²) in [5.74, 6) is 0. The monoisotopic (exact) mass is 126 g/mol. The summed E-state index contributed by atoms with van der Waals surface area (Å²) in [5, 5.41) is 0. The normalized spacial score (nSPS) is 13.4. The van der Waals surface area contributed by atoms with Gasteiger partial charge in [-0.05, 0) is 10.8 Å². The highest BCUT2D eigenvalue weighted by Crippen LogP contribution is 2.38. The lowest BCUT2D eigenvalue weighted by Gasteiger charge is -2.35. The molecule has 0 fully saturated rings. The van der Waals surface area contributed by atoms with Gasteiger partial charge in [-0.1, -0.05) is 40.7 Å². The van der Waals surface area contributed by atoms with Crippen LogP contribution in [0.2, 0.25) is 0 Å². The Morgan fingerprint density at radius 1 is 1.00 bits per heavy atom. The van der Waals surface area contributed by atoms with Crippen molar-refractivity contribution in [1.29, 1.82) is 0 Å². The minimum absolute atomic E-state index is 0.243. The van der Waals surface area contributed by atoms with E-state index >= 15 is 0 Å². The smallest absolute Gasteiger partial charge is 0.0129 e. The van der Waals surface area contributed by atoms with E-state index in [-0.39, 0.29) is 5.41 Å². The topological polar surface area (TPSA) is 0 Å². The van der Waals surface area contributed by atoms with Gasteiger partial charge in [0.05, 0.1) is 0 Å². The summed E-state index contributed by atoms with van der Waals surface area (Å²) in [4.78, 5) is 0. The second-order valence-corrected chi connectivity index (χ2v) is 4.18. The Kier molecular flexibility index (Phi) is 2.10. The zero-order chi connectivity index (χ0) is 7.71. The standard InChI is InChI=1S/C9H18/c1-7-9(5,6)8(2,3)4/h7H,1H2,2-6H3. The molecule has 0 radical (unpaired) electrons. The first-order valence-electron chi connectivity index (χ1n) is 3.45. The summed E-state index contributed by atoms with van der Waals surface area (Å²) in [5.41, 5.74) is 0.571. The van der Waals surface area contributed by atoms with Crippen molar-refractivity contribution in [3.05, 3.63) is 12.7 Å². The van der Waals surface area contributed by atoms with Gasteiger partial charge in [-0.3, -0.25) is 0 Å². The largest absolute Gasteiger partial charge is 0.103 e. The van der Waals surface area contributed by atoms with Gasteiger partial charge in [0, 0.05) is 0 Å². The zero-order valence-electron chi connectivity index (χ0n) is 7.28. The first-order chi connectivity index (χ1) is 3.81. The maximum Gasteiger partial charge on any atom is -0.0129 e. The molecule has 0 rings (SSSR count). The Bertz CT molecular complexity index is 102. The third-order valence-corrected chi connectivity index (χ3v) is 2.44. The highest BCUT2D eigenvalue weighted by Gasteiger charge is 2.28. The summed E-state index contributed by atoms with van der Waals surface area (Å²) in [6.07, 6.45) is 2.02. The van der Waals surface area contributed by atoms with E-state index in [1.54, 1.807) is 0 Å². The van der Waals surface area contributed by atoms with Gasteiger partial charge in [0.25, 0.3) is 0 Å². The van der Waals surface area contributed by atoms with Gasteiger partial charge in [0.1, 0.15) is 0 Å². The molecule has 0 bridgehead atoms. The lowest BCUT2D eigenvalue weighted by molar-refractivity contribution is 0.193. The summed E-state index contributed by atoms with van der Waals surface area (Å²) >= 11 is 0. The van der Waals surface area contributed by atoms with Gasteiger partial charge >= 0.3 is 0 Å². The lowest BCUT2D eigenvalue weighted by atomic mass is 9.70. The van der Waals surface area contributed by atoms with Crippen molar-refractivity contribution in [2.75, 3.05) is 0 Å². The molecule has 0 aliphatic heterocycles. The van der Waals surface area contributed by atoms with Crippen LogP contribution in [0.5, 0.6) is 0 Å².